The van der Waals surface area contributed by atoms with Crippen molar-refractivity contribution >= 4 is 23.9 Å². The van der Waals surface area contributed by atoms with Crippen molar-refractivity contribution in [2.45, 2.75) is 127 Å². The van der Waals surface area contributed by atoms with Gasteiger partial charge in [-0.3, -0.25) is 19.4 Å². The normalized spacial score (nSPS) is 28.6. The number of hydrogen-bond acceptors (Lipinski definition) is 9. The average molecular weight is 581 g/mol. The smallest absolute Gasteiger partial charge is 0.325 e. The zero-order chi connectivity index (χ0) is 30.8. The fourth-order valence-electron chi connectivity index (χ4n) is 8.18. The van der Waals surface area contributed by atoms with E-state index in [2.05, 4.69) is 21.3 Å². The molecule has 2 atom stereocenters. The molecule has 0 saturated carbocycles. The summed E-state index contributed by atoms with van der Waals surface area (Å²) in [4.78, 5) is 54.4. The van der Waals surface area contributed by atoms with Crippen LogP contribution in [0.15, 0.2) is 0 Å². The van der Waals surface area contributed by atoms with Crippen molar-refractivity contribution in [1.82, 2.24) is 31.1 Å². The summed E-state index contributed by atoms with van der Waals surface area (Å²) < 4.78 is 5.47. The summed E-state index contributed by atoms with van der Waals surface area (Å²) in [7, 11) is 0. The second-order valence-electron chi connectivity index (χ2n) is 15.2. The Labute approximate surface area is 242 Å². The van der Waals surface area contributed by atoms with E-state index in [1.165, 1.54) is 0 Å². The summed E-state index contributed by atoms with van der Waals surface area (Å²) in [6.45, 7) is 14.9. The summed E-state index contributed by atoms with van der Waals surface area (Å²) in [6, 6.07) is -1.11. The van der Waals surface area contributed by atoms with E-state index in [4.69, 9.17) is 4.74 Å². The molecule has 13 nitrogen and oxygen atoms in total. The molecule has 4 saturated heterocycles. The third-order valence-electron chi connectivity index (χ3n) is 8.23. The minimum Gasteiger partial charge on any atom is -0.389 e. The molecule has 4 rings (SSSR count). The molecular weight excluding hydrogens is 532 g/mol. The molecule has 0 aromatic heterocycles. The van der Waals surface area contributed by atoms with Gasteiger partial charge in [-0.2, -0.15) is 0 Å². The second-order valence-corrected chi connectivity index (χ2v) is 15.2. The van der Waals surface area contributed by atoms with Crippen molar-refractivity contribution in [1.29, 1.82) is 0 Å². The summed E-state index contributed by atoms with van der Waals surface area (Å²) >= 11 is 0. The molecule has 4 aliphatic heterocycles. The number of nitrogens with one attached hydrogen (secondary N) is 4. The average Bonchev–Trinajstić information content (AvgIpc) is 3.07. The summed E-state index contributed by atoms with van der Waals surface area (Å²) in [5.41, 5.74) is -3.63. The van der Waals surface area contributed by atoms with E-state index in [0.717, 1.165) is 9.80 Å². The van der Waals surface area contributed by atoms with Crippen LogP contribution >= 0.6 is 0 Å². The predicted molar refractivity (Wildman–Crippen MR) is 150 cm³/mol. The van der Waals surface area contributed by atoms with Crippen molar-refractivity contribution in [3.63, 3.8) is 0 Å². The van der Waals surface area contributed by atoms with E-state index in [-0.39, 0.29) is 60.3 Å². The quantitative estimate of drug-likeness (QED) is 0.219. The number of urea groups is 2. The molecule has 13 heteroatoms. The zero-order valence-corrected chi connectivity index (χ0v) is 25.6. The molecule has 4 heterocycles. The largest absolute Gasteiger partial charge is 0.389 e. The number of piperidine rings is 2. The van der Waals surface area contributed by atoms with Gasteiger partial charge in [0.15, 0.2) is 0 Å². The maximum Gasteiger partial charge on any atom is 0.325 e. The van der Waals surface area contributed by atoms with E-state index in [9.17, 15) is 29.4 Å². The van der Waals surface area contributed by atoms with E-state index in [0.29, 0.717) is 25.7 Å². The lowest BCUT2D eigenvalue weighted by molar-refractivity contribution is -0.136. The number of hydrogen-bond donors (Lipinski definition) is 6. The van der Waals surface area contributed by atoms with Crippen molar-refractivity contribution in [2.75, 3.05) is 26.3 Å². The Kier molecular flexibility index (Phi) is 7.82. The van der Waals surface area contributed by atoms with Gasteiger partial charge in [-0.15, -0.1) is 0 Å². The van der Waals surface area contributed by atoms with Gasteiger partial charge in [0.2, 0.25) is 0 Å². The molecule has 0 radical (unpaired) electrons. The van der Waals surface area contributed by atoms with Crippen molar-refractivity contribution in [3.8, 4) is 0 Å². The summed E-state index contributed by atoms with van der Waals surface area (Å²) in [6.07, 6.45) is -0.710. The fraction of sp³-hybridized carbons (Fsp3) is 0.857. The Hall–Kier alpha value is -2.32. The summed E-state index contributed by atoms with van der Waals surface area (Å²) in [5, 5.41) is 33.9. The van der Waals surface area contributed by atoms with Gasteiger partial charge in [0.1, 0.15) is 11.1 Å². The molecule has 0 aromatic rings. The number of carbonyl (C=O) groups excluding carboxylic acids is 4. The fourth-order valence-corrected chi connectivity index (χ4v) is 8.18. The first-order valence-electron chi connectivity index (χ1n) is 14.4. The highest BCUT2D eigenvalue weighted by molar-refractivity contribution is 6.08. The molecule has 4 fully saturated rings. The number of amides is 6. The highest BCUT2D eigenvalue weighted by Gasteiger charge is 2.60. The van der Waals surface area contributed by atoms with Crippen LogP contribution in [0.3, 0.4) is 0 Å². The van der Waals surface area contributed by atoms with Crippen LogP contribution in [0, 0.1) is 0 Å². The first-order valence-corrected chi connectivity index (χ1v) is 14.4. The van der Waals surface area contributed by atoms with Gasteiger partial charge in [0.05, 0.1) is 38.5 Å². The molecule has 232 valence electrons. The topological polar surface area (TPSA) is 173 Å². The lowest BCUT2D eigenvalue weighted by Gasteiger charge is -2.50. The van der Waals surface area contributed by atoms with Gasteiger partial charge in [0, 0.05) is 22.2 Å². The van der Waals surface area contributed by atoms with E-state index in [1.807, 2.05) is 55.4 Å². The van der Waals surface area contributed by atoms with Crippen LogP contribution in [0.25, 0.3) is 0 Å². The Bertz CT molecular complexity index is 987. The molecule has 0 aromatic carbocycles. The van der Waals surface area contributed by atoms with Crippen LogP contribution in [0.1, 0.15) is 81.1 Å². The van der Waals surface area contributed by atoms with E-state index in [1.54, 1.807) is 0 Å². The van der Waals surface area contributed by atoms with Gasteiger partial charge >= 0.3 is 12.1 Å². The van der Waals surface area contributed by atoms with Gasteiger partial charge < -0.3 is 36.2 Å². The highest BCUT2D eigenvalue weighted by atomic mass is 16.5. The van der Waals surface area contributed by atoms with Crippen LogP contribution in [-0.4, -0.2) is 116 Å². The predicted octanol–water partition coefficient (Wildman–Crippen LogP) is 0.187. The third-order valence-corrected chi connectivity index (χ3v) is 8.23. The lowest BCUT2D eigenvalue weighted by Crippen LogP contribution is -2.68. The zero-order valence-electron chi connectivity index (χ0n) is 25.6. The van der Waals surface area contributed by atoms with E-state index < -0.39 is 35.3 Å². The first-order chi connectivity index (χ1) is 18.6. The van der Waals surface area contributed by atoms with Crippen LogP contribution in [-0.2, 0) is 14.3 Å². The Morgan fingerprint density at radius 2 is 0.927 bits per heavy atom. The van der Waals surface area contributed by atoms with Gasteiger partial charge in [-0.1, -0.05) is 0 Å². The molecule has 2 unspecified atom stereocenters. The highest BCUT2D eigenvalue weighted by Crippen LogP contribution is 2.41. The standard InChI is InChI=1S/C28H48N6O7/c1-23(2)13-27(14-24(3,4)31-23)19(37)33(21(39)29-27)9-17(35)11-41-12-18(36)10-34-20(38)28(30-22(34)40)15-25(5,6)32-26(7,8)16-28/h17-18,31-32,35-36H,9-16H2,1-8H3,(H,29,39)(H,30,40). The minimum absolute atomic E-state index is 0.252. The molecule has 0 bridgehead atoms. The second kappa shape index (κ2) is 10.1. The van der Waals surface area contributed by atoms with Crippen molar-refractivity contribution in [2.24, 2.45) is 0 Å². The number of ether oxygens (including phenoxy) is 1. The number of aliphatic hydroxyl groups excluding tert-OH is 2. The Morgan fingerprint density at radius 3 is 1.22 bits per heavy atom. The Morgan fingerprint density at radius 1 is 0.634 bits per heavy atom. The summed E-state index contributed by atoms with van der Waals surface area (Å²) in [5.74, 6) is -0.748. The monoisotopic (exact) mass is 580 g/mol. The number of nitrogens with zero attached hydrogens (tertiary/aromatic N) is 2. The van der Waals surface area contributed by atoms with Gasteiger partial charge in [-0.05, 0) is 81.1 Å². The number of carbonyl (C=O) groups is 4. The molecular formula is C28H48N6O7. The number of imide groups is 2. The number of rotatable bonds is 8. The first kappa shape index (κ1) is 31.6. The van der Waals surface area contributed by atoms with Gasteiger partial charge in [0.25, 0.3) is 11.8 Å². The van der Waals surface area contributed by atoms with Crippen molar-refractivity contribution in [3.05, 3.63) is 0 Å². The van der Waals surface area contributed by atoms with Crippen LogP contribution in [0.2, 0.25) is 0 Å². The maximum atomic E-state index is 13.4. The molecule has 0 aliphatic carbocycles. The Balaban J connectivity index is 1.28. The van der Waals surface area contributed by atoms with Crippen LogP contribution in [0.5, 0.6) is 0 Å². The molecule has 4 aliphatic rings. The third kappa shape index (κ3) is 6.53. The SMILES string of the molecule is CC1(C)CC2(CC(C)(C)N1)NC(=O)N(CC(O)COCC(O)CN1C(=O)NC3(CC(C)(C)NC(C)(C)C3)C1=O)C2=O. The molecule has 2 spiro atoms. The maximum absolute atomic E-state index is 13.4. The van der Waals surface area contributed by atoms with Crippen LogP contribution < -0.4 is 21.3 Å². The molecule has 41 heavy (non-hydrogen) atoms. The molecule has 6 N–H and O–H groups in total. The van der Waals surface area contributed by atoms with E-state index >= 15 is 0 Å². The lowest BCUT2D eigenvalue weighted by atomic mass is 9.71. The van der Waals surface area contributed by atoms with Gasteiger partial charge in [-0.25, -0.2) is 9.59 Å². The molecule has 6 amide bonds. The number of β-amino-alcohol motifs (C(OH)–C–C–N with tert-alkyl or cyclic N) is 2. The number of aliphatic hydroxyl groups is 2. The van der Waals surface area contributed by atoms with Crippen LogP contribution in [0.4, 0.5) is 9.59 Å². The minimum atomic E-state index is -1.19. The van der Waals surface area contributed by atoms with Crippen molar-refractivity contribution < 1.29 is 34.1 Å².